The number of hydrogen-bond acceptors (Lipinski definition) is 4. The molecule has 0 bridgehead atoms. The van der Waals surface area contributed by atoms with Crippen LogP contribution in [0, 0.1) is 0 Å². The summed E-state index contributed by atoms with van der Waals surface area (Å²) >= 11 is 4.79. The van der Waals surface area contributed by atoms with Crippen LogP contribution in [0.15, 0.2) is 15.9 Å². The molecule has 1 aromatic heterocycles. The number of carbonyl (C=O) groups is 2. The third-order valence-electron chi connectivity index (χ3n) is 3.30. The van der Waals surface area contributed by atoms with Crippen LogP contribution in [-0.2, 0) is 9.53 Å². The van der Waals surface area contributed by atoms with E-state index in [0.29, 0.717) is 4.88 Å². The van der Waals surface area contributed by atoms with Crippen LogP contribution in [-0.4, -0.2) is 36.5 Å². The molecule has 1 aliphatic heterocycles. The maximum Gasteiger partial charge on any atom is 0.307 e. The van der Waals surface area contributed by atoms with E-state index in [4.69, 9.17) is 4.74 Å². The van der Waals surface area contributed by atoms with Gasteiger partial charge in [0.05, 0.1) is 22.2 Å². The van der Waals surface area contributed by atoms with Gasteiger partial charge >= 0.3 is 5.97 Å². The van der Waals surface area contributed by atoms with Gasteiger partial charge in [-0.2, -0.15) is 0 Å². The molecule has 6 heteroatoms. The molecule has 0 aliphatic carbocycles. The molecule has 1 unspecified atom stereocenters. The second kappa shape index (κ2) is 6.52. The van der Waals surface area contributed by atoms with Gasteiger partial charge < -0.3 is 9.64 Å². The lowest BCUT2D eigenvalue weighted by Crippen LogP contribution is -2.44. The van der Waals surface area contributed by atoms with Crippen molar-refractivity contribution in [2.75, 3.05) is 13.7 Å². The van der Waals surface area contributed by atoms with Crippen molar-refractivity contribution in [3.05, 3.63) is 20.8 Å². The Labute approximate surface area is 124 Å². The number of thiophene rings is 1. The molecule has 1 atom stereocenters. The van der Waals surface area contributed by atoms with Crippen molar-refractivity contribution in [3.63, 3.8) is 0 Å². The number of amides is 1. The monoisotopic (exact) mass is 345 g/mol. The molecular weight excluding hydrogens is 330 g/mol. The van der Waals surface area contributed by atoms with Crippen LogP contribution in [0.25, 0.3) is 0 Å². The number of esters is 1. The Morgan fingerprint density at radius 3 is 2.89 bits per heavy atom. The molecule has 0 saturated carbocycles. The number of methoxy groups -OCH3 is 1. The predicted molar refractivity (Wildman–Crippen MR) is 77.3 cm³/mol. The first-order valence-electron chi connectivity index (χ1n) is 6.25. The maximum absolute atomic E-state index is 12.5. The summed E-state index contributed by atoms with van der Waals surface area (Å²) in [6, 6.07) is 3.66. The largest absolute Gasteiger partial charge is 0.469 e. The first kappa shape index (κ1) is 14.5. The van der Waals surface area contributed by atoms with E-state index in [9.17, 15) is 9.59 Å². The van der Waals surface area contributed by atoms with Crippen molar-refractivity contribution in [1.82, 2.24) is 4.90 Å². The molecule has 19 heavy (non-hydrogen) atoms. The van der Waals surface area contributed by atoms with E-state index < -0.39 is 0 Å². The number of halogens is 1. The second-order valence-electron chi connectivity index (χ2n) is 4.53. The number of carbonyl (C=O) groups excluding carboxylic acids is 2. The summed E-state index contributed by atoms with van der Waals surface area (Å²) in [5.41, 5.74) is 0. The molecule has 2 heterocycles. The molecule has 2 rings (SSSR count). The van der Waals surface area contributed by atoms with Crippen molar-refractivity contribution in [2.24, 2.45) is 0 Å². The molecule has 104 valence electrons. The van der Waals surface area contributed by atoms with E-state index in [0.717, 1.165) is 29.6 Å². The number of piperidine rings is 1. The summed E-state index contributed by atoms with van der Waals surface area (Å²) in [6.45, 7) is 0.718. The summed E-state index contributed by atoms with van der Waals surface area (Å²) in [6.07, 6.45) is 3.21. The zero-order valence-electron chi connectivity index (χ0n) is 10.7. The second-order valence-corrected chi connectivity index (χ2v) is 7.00. The van der Waals surface area contributed by atoms with E-state index >= 15 is 0 Å². The van der Waals surface area contributed by atoms with Crippen molar-refractivity contribution >= 4 is 39.1 Å². The van der Waals surface area contributed by atoms with Gasteiger partial charge in [0.25, 0.3) is 5.91 Å². The molecule has 1 fully saturated rings. The summed E-state index contributed by atoms with van der Waals surface area (Å²) < 4.78 is 5.65. The topological polar surface area (TPSA) is 46.6 Å². The van der Waals surface area contributed by atoms with Gasteiger partial charge in [0.15, 0.2) is 0 Å². The first-order valence-corrected chi connectivity index (χ1v) is 7.86. The van der Waals surface area contributed by atoms with Crippen LogP contribution in [0.1, 0.15) is 35.4 Å². The molecule has 0 radical (unpaired) electrons. The lowest BCUT2D eigenvalue weighted by atomic mass is 9.99. The summed E-state index contributed by atoms with van der Waals surface area (Å²) in [5.74, 6) is -0.235. The van der Waals surface area contributed by atoms with Gasteiger partial charge in [-0.1, -0.05) is 0 Å². The van der Waals surface area contributed by atoms with E-state index in [2.05, 4.69) is 15.9 Å². The molecule has 1 aliphatic rings. The zero-order chi connectivity index (χ0) is 13.8. The third kappa shape index (κ3) is 3.57. The number of hydrogen-bond donors (Lipinski definition) is 0. The average Bonchev–Trinajstić information content (AvgIpc) is 2.85. The Hall–Kier alpha value is -0.880. The number of likely N-dealkylation sites (tertiary alicyclic amines) is 1. The molecule has 0 N–H and O–H groups in total. The first-order chi connectivity index (χ1) is 9.11. The Bertz CT molecular complexity index is 474. The maximum atomic E-state index is 12.5. The van der Waals surface area contributed by atoms with Gasteiger partial charge in [-0.05, 0) is 47.3 Å². The Kier molecular flexibility index (Phi) is 4.99. The highest BCUT2D eigenvalue weighted by Crippen LogP contribution is 2.27. The lowest BCUT2D eigenvalue weighted by Gasteiger charge is -2.34. The van der Waals surface area contributed by atoms with Gasteiger partial charge in [0.2, 0.25) is 0 Å². The summed E-state index contributed by atoms with van der Waals surface area (Å²) in [4.78, 5) is 26.4. The van der Waals surface area contributed by atoms with Gasteiger partial charge in [0, 0.05) is 12.6 Å². The molecule has 1 amide bonds. The normalized spacial score (nSPS) is 19.3. The molecule has 1 aromatic rings. The van der Waals surface area contributed by atoms with Gasteiger partial charge in [0.1, 0.15) is 0 Å². The fraction of sp³-hybridized carbons (Fsp3) is 0.538. The fourth-order valence-corrected chi connectivity index (χ4v) is 3.67. The van der Waals surface area contributed by atoms with E-state index in [1.165, 1.54) is 18.4 Å². The van der Waals surface area contributed by atoms with Crippen molar-refractivity contribution in [1.29, 1.82) is 0 Å². The van der Waals surface area contributed by atoms with Crippen LogP contribution in [0.3, 0.4) is 0 Å². The Balaban J connectivity index is 2.10. The SMILES string of the molecule is COC(=O)CC1CCCCN1C(=O)c1ccc(Br)s1. The van der Waals surface area contributed by atoms with Crippen LogP contribution < -0.4 is 0 Å². The fourth-order valence-electron chi connectivity index (χ4n) is 2.33. The van der Waals surface area contributed by atoms with Crippen molar-refractivity contribution in [2.45, 2.75) is 31.7 Å². The number of nitrogens with zero attached hydrogens (tertiary/aromatic N) is 1. The molecular formula is C13H16BrNO3S. The summed E-state index contributed by atoms with van der Waals surface area (Å²) in [5, 5.41) is 0. The van der Waals surface area contributed by atoms with E-state index in [1.807, 2.05) is 17.0 Å². The lowest BCUT2D eigenvalue weighted by molar-refractivity contribution is -0.142. The minimum absolute atomic E-state index is 0.0179. The van der Waals surface area contributed by atoms with E-state index in [1.54, 1.807) is 0 Å². The minimum Gasteiger partial charge on any atom is -0.469 e. The van der Waals surface area contributed by atoms with Crippen LogP contribution in [0.5, 0.6) is 0 Å². The Morgan fingerprint density at radius 2 is 2.26 bits per heavy atom. The van der Waals surface area contributed by atoms with Crippen LogP contribution in [0.4, 0.5) is 0 Å². The Morgan fingerprint density at radius 1 is 1.47 bits per heavy atom. The minimum atomic E-state index is -0.253. The quantitative estimate of drug-likeness (QED) is 0.791. The standard InChI is InChI=1S/C13H16BrNO3S/c1-18-12(16)8-9-4-2-3-7-15(9)13(17)10-5-6-11(14)19-10/h5-6,9H,2-4,7-8H2,1H3. The highest BCUT2D eigenvalue weighted by molar-refractivity contribution is 9.11. The molecule has 0 spiro atoms. The van der Waals surface area contributed by atoms with Crippen molar-refractivity contribution < 1.29 is 14.3 Å². The van der Waals surface area contributed by atoms with Crippen LogP contribution >= 0.6 is 27.3 Å². The molecule has 1 saturated heterocycles. The highest BCUT2D eigenvalue weighted by atomic mass is 79.9. The molecule has 0 aromatic carbocycles. The number of rotatable bonds is 3. The zero-order valence-corrected chi connectivity index (χ0v) is 13.1. The average molecular weight is 346 g/mol. The van der Waals surface area contributed by atoms with Gasteiger partial charge in [-0.25, -0.2) is 0 Å². The van der Waals surface area contributed by atoms with Crippen LogP contribution in [0.2, 0.25) is 0 Å². The van der Waals surface area contributed by atoms with Gasteiger partial charge in [-0.3, -0.25) is 9.59 Å². The highest BCUT2D eigenvalue weighted by Gasteiger charge is 2.30. The van der Waals surface area contributed by atoms with Crippen molar-refractivity contribution in [3.8, 4) is 0 Å². The predicted octanol–water partition coefficient (Wildman–Crippen LogP) is 3.07. The van der Waals surface area contributed by atoms with Gasteiger partial charge in [-0.15, -0.1) is 11.3 Å². The molecule has 4 nitrogen and oxygen atoms in total. The summed E-state index contributed by atoms with van der Waals surface area (Å²) in [7, 11) is 1.38. The van der Waals surface area contributed by atoms with E-state index in [-0.39, 0.29) is 24.3 Å². The smallest absolute Gasteiger partial charge is 0.307 e. The third-order valence-corrected chi connectivity index (χ3v) is 4.91. The number of ether oxygens (including phenoxy) is 1.